The summed E-state index contributed by atoms with van der Waals surface area (Å²) in [6, 6.07) is 31.4. The Morgan fingerprint density at radius 1 is 0.541 bits per heavy atom. The molecule has 1 aliphatic carbocycles. The number of fused-ring (bicyclic) bond motifs is 3. The van der Waals surface area contributed by atoms with E-state index in [0.29, 0.717) is 0 Å². The Bertz CT molecular complexity index is 1240. The van der Waals surface area contributed by atoms with Gasteiger partial charge in [-0.05, 0) is 84.3 Å². The summed E-state index contributed by atoms with van der Waals surface area (Å²) in [5, 5.41) is 0. The van der Waals surface area contributed by atoms with Crippen molar-refractivity contribution in [3.8, 4) is 22.6 Å². The average molecular weight is 491 g/mol. The number of ether oxygens (including phenoxy) is 2. The maximum absolute atomic E-state index is 6.03. The third-order valence-electron chi connectivity index (χ3n) is 7.56. The molecule has 0 aliphatic heterocycles. The molecule has 190 valence electrons. The first-order valence-corrected chi connectivity index (χ1v) is 13.8. The average Bonchev–Trinajstić information content (AvgIpc) is 3.19. The third kappa shape index (κ3) is 4.66. The van der Waals surface area contributed by atoms with E-state index >= 15 is 0 Å². The Labute approximate surface area is 222 Å². The van der Waals surface area contributed by atoms with Crippen molar-refractivity contribution in [2.24, 2.45) is 0 Å². The van der Waals surface area contributed by atoms with Gasteiger partial charge in [0, 0.05) is 0 Å². The molecule has 0 saturated carbocycles. The topological polar surface area (TPSA) is 18.5 Å². The Kier molecular flexibility index (Phi) is 7.37. The van der Waals surface area contributed by atoms with Crippen LogP contribution in [-0.2, 0) is 5.41 Å². The van der Waals surface area contributed by atoms with Crippen LogP contribution >= 0.6 is 0 Å². The van der Waals surface area contributed by atoms with Crippen molar-refractivity contribution in [3.05, 3.63) is 118 Å². The van der Waals surface area contributed by atoms with Crippen molar-refractivity contribution in [2.45, 2.75) is 58.8 Å². The summed E-state index contributed by atoms with van der Waals surface area (Å²) in [4.78, 5) is 0. The third-order valence-corrected chi connectivity index (χ3v) is 7.56. The second kappa shape index (κ2) is 10.8. The number of rotatable bonds is 10. The second-order valence-electron chi connectivity index (χ2n) is 10.3. The lowest BCUT2D eigenvalue weighted by atomic mass is 9.67. The van der Waals surface area contributed by atoms with Gasteiger partial charge in [-0.2, -0.15) is 0 Å². The molecule has 0 fully saturated rings. The Hall–Kier alpha value is -3.52. The smallest absolute Gasteiger partial charge is 0.119 e. The Morgan fingerprint density at radius 2 is 0.946 bits per heavy atom. The number of hydrogen-bond donors (Lipinski definition) is 0. The van der Waals surface area contributed by atoms with Crippen LogP contribution in [-0.4, -0.2) is 13.2 Å². The van der Waals surface area contributed by atoms with Gasteiger partial charge in [-0.1, -0.05) is 98.5 Å². The van der Waals surface area contributed by atoms with Gasteiger partial charge in [-0.25, -0.2) is 0 Å². The highest BCUT2D eigenvalue weighted by Crippen LogP contribution is 2.56. The van der Waals surface area contributed by atoms with Crippen LogP contribution in [0.15, 0.2) is 84.9 Å². The molecule has 0 N–H and O–H groups in total. The predicted molar refractivity (Wildman–Crippen MR) is 154 cm³/mol. The summed E-state index contributed by atoms with van der Waals surface area (Å²) in [6.07, 6.45) is 4.40. The fourth-order valence-corrected chi connectivity index (χ4v) is 5.61. The van der Waals surface area contributed by atoms with Gasteiger partial charge in [0.2, 0.25) is 0 Å². The van der Waals surface area contributed by atoms with Gasteiger partial charge in [0.15, 0.2) is 0 Å². The van der Waals surface area contributed by atoms with Crippen molar-refractivity contribution < 1.29 is 9.47 Å². The highest BCUT2D eigenvalue weighted by Gasteiger charge is 2.46. The lowest BCUT2D eigenvalue weighted by molar-refractivity contribution is 0.309. The maximum Gasteiger partial charge on any atom is 0.119 e. The van der Waals surface area contributed by atoms with E-state index in [1.807, 2.05) is 0 Å². The molecular formula is C35H38O2. The highest BCUT2D eigenvalue weighted by molar-refractivity contribution is 5.86. The summed E-state index contributed by atoms with van der Waals surface area (Å²) < 4.78 is 12.1. The second-order valence-corrected chi connectivity index (χ2v) is 10.3. The van der Waals surface area contributed by atoms with Gasteiger partial charge in [0.05, 0.1) is 18.6 Å². The van der Waals surface area contributed by atoms with Crippen LogP contribution in [0.1, 0.15) is 72.9 Å². The first-order chi connectivity index (χ1) is 18.1. The van der Waals surface area contributed by atoms with Crippen LogP contribution in [0.2, 0.25) is 0 Å². The lowest BCUT2D eigenvalue weighted by Crippen LogP contribution is -2.28. The Morgan fingerprint density at radius 3 is 1.32 bits per heavy atom. The monoisotopic (exact) mass is 490 g/mol. The summed E-state index contributed by atoms with van der Waals surface area (Å²) in [5.41, 5.74) is 9.95. The number of aryl methyl sites for hydroxylation is 2. The van der Waals surface area contributed by atoms with Crippen LogP contribution in [0.5, 0.6) is 11.5 Å². The van der Waals surface area contributed by atoms with Gasteiger partial charge in [0.1, 0.15) is 11.5 Å². The molecule has 4 aromatic carbocycles. The molecule has 5 rings (SSSR count). The summed E-state index contributed by atoms with van der Waals surface area (Å²) in [7, 11) is 0. The van der Waals surface area contributed by atoms with Crippen molar-refractivity contribution >= 4 is 0 Å². The van der Waals surface area contributed by atoms with Gasteiger partial charge in [-0.3, -0.25) is 0 Å². The maximum atomic E-state index is 6.03. The van der Waals surface area contributed by atoms with Gasteiger partial charge in [-0.15, -0.1) is 0 Å². The zero-order valence-electron chi connectivity index (χ0n) is 22.6. The zero-order valence-corrected chi connectivity index (χ0v) is 22.6. The fourth-order valence-electron chi connectivity index (χ4n) is 5.61. The molecule has 0 saturated heterocycles. The standard InChI is InChI=1S/C35H38O2/c1-5-7-21-36-29-15-11-27(12-16-29)35(28-13-17-30(18-14-28)37-22-8-6-2)33-23-25(3)9-19-31(33)32-20-10-26(4)24-34(32)35/h9-20,23-24H,5-8,21-22H2,1-4H3. The normalized spacial score (nSPS) is 13.2. The molecule has 0 spiro atoms. The number of benzene rings is 4. The minimum absolute atomic E-state index is 0.410. The summed E-state index contributed by atoms with van der Waals surface area (Å²) in [6.45, 7) is 10.3. The molecule has 0 heterocycles. The molecule has 0 atom stereocenters. The van der Waals surface area contributed by atoms with E-state index in [9.17, 15) is 0 Å². The molecule has 0 amide bonds. The number of hydrogen-bond acceptors (Lipinski definition) is 2. The lowest BCUT2D eigenvalue weighted by Gasteiger charge is -2.34. The van der Waals surface area contributed by atoms with E-state index in [-0.39, 0.29) is 0 Å². The molecule has 2 heteroatoms. The molecular weight excluding hydrogens is 452 g/mol. The van der Waals surface area contributed by atoms with Gasteiger partial charge in [0.25, 0.3) is 0 Å². The van der Waals surface area contributed by atoms with E-state index < -0.39 is 5.41 Å². The first kappa shape index (κ1) is 25.1. The first-order valence-electron chi connectivity index (χ1n) is 13.8. The molecule has 0 radical (unpaired) electrons. The highest BCUT2D eigenvalue weighted by atomic mass is 16.5. The molecule has 37 heavy (non-hydrogen) atoms. The quantitative estimate of drug-likeness (QED) is 0.182. The molecule has 1 aliphatic rings. The largest absolute Gasteiger partial charge is 0.494 e. The molecule has 0 unspecified atom stereocenters. The van der Waals surface area contributed by atoms with Crippen molar-refractivity contribution in [1.29, 1.82) is 0 Å². The minimum atomic E-state index is -0.410. The zero-order chi connectivity index (χ0) is 25.8. The van der Waals surface area contributed by atoms with E-state index in [1.165, 1.54) is 44.5 Å². The van der Waals surface area contributed by atoms with Gasteiger partial charge < -0.3 is 9.47 Å². The fraction of sp³-hybridized carbons (Fsp3) is 0.314. The van der Waals surface area contributed by atoms with E-state index in [2.05, 4.69) is 113 Å². The van der Waals surface area contributed by atoms with Crippen LogP contribution in [0.3, 0.4) is 0 Å². The SMILES string of the molecule is CCCCOc1ccc(C2(c3ccc(OCCCC)cc3)c3cc(C)ccc3-c3ccc(C)cc32)cc1. The van der Waals surface area contributed by atoms with E-state index in [4.69, 9.17) is 9.47 Å². The Balaban J connectivity index is 1.69. The van der Waals surface area contributed by atoms with Crippen LogP contribution < -0.4 is 9.47 Å². The summed E-state index contributed by atoms with van der Waals surface area (Å²) >= 11 is 0. The van der Waals surface area contributed by atoms with E-state index in [1.54, 1.807) is 0 Å². The summed E-state index contributed by atoms with van der Waals surface area (Å²) in [5.74, 6) is 1.86. The van der Waals surface area contributed by atoms with Gasteiger partial charge >= 0.3 is 0 Å². The van der Waals surface area contributed by atoms with Crippen molar-refractivity contribution in [2.75, 3.05) is 13.2 Å². The minimum Gasteiger partial charge on any atom is -0.494 e. The van der Waals surface area contributed by atoms with Crippen LogP contribution in [0, 0.1) is 13.8 Å². The van der Waals surface area contributed by atoms with Crippen molar-refractivity contribution in [1.82, 2.24) is 0 Å². The predicted octanol–water partition coefficient (Wildman–Crippen LogP) is 9.02. The molecule has 4 aromatic rings. The molecule has 0 aromatic heterocycles. The van der Waals surface area contributed by atoms with Crippen LogP contribution in [0.4, 0.5) is 0 Å². The van der Waals surface area contributed by atoms with Crippen LogP contribution in [0.25, 0.3) is 11.1 Å². The number of unbranched alkanes of at least 4 members (excludes halogenated alkanes) is 2. The molecule has 0 bridgehead atoms. The van der Waals surface area contributed by atoms with Crippen molar-refractivity contribution in [3.63, 3.8) is 0 Å². The molecule has 2 nitrogen and oxygen atoms in total. The van der Waals surface area contributed by atoms with E-state index in [0.717, 1.165) is 50.4 Å².